The molecule has 18 heavy (non-hydrogen) atoms. The van der Waals surface area contributed by atoms with Crippen LogP contribution in [-0.2, 0) is 12.6 Å². The van der Waals surface area contributed by atoms with Crippen molar-refractivity contribution in [2.45, 2.75) is 38.8 Å². The third-order valence-corrected chi connectivity index (χ3v) is 3.16. The number of halogens is 3. The third-order valence-electron chi connectivity index (χ3n) is 3.16. The van der Waals surface area contributed by atoms with Crippen LogP contribution in [0.3, 0.4) is 0 Å². The van der Waals surface area contributed by atoms with E-state index < -0.39 is 11.7 Å². The van der Waals surface area contributed by atoms with Gasteiger partial charge in [0.2, 0.25) is 0 Å². The topological polar surface area (TPSA) is 15.8 Å². The van der Waals surface area contributed by atoms with E-state index in [-0.39, 0.29) is 5.52 Å². The van der Waals surface area contributed by atoms with Crippen molar-refractivity contribution in [3.63, 3.8) is 0 Å². The van der Waals surface area contributed by atoms with Crippen molar-refractivity contribution in [2.75, 3.05) is 0 Å². The molecule has 0 saturated carbocycles. The van der Waals surface area contributed by atoms with Gasteiger partial charge in [0.25, 0.3) is 0 Å². The highest BCUT2D eigenvalue weighted by Crippen LogP contribution is 2.35. The van der Waals surface area contributed by atoms with Gasteiger partial charge in [-0.05, 0) is 24.5 Å². The van der Waals surface area contributed by atoms with E-state index in [0.29, 0.717) is 5.39 Å². The van der Waals surface area contributed by atoms with Crippen molar-refractivity contribution >= 4 is 10.9 Å². The molecule has 0 aliphatic heterocycles. The fourth-order valence-corrected chi connectivity index (χ4v) is 2.22. The summed E-state index contributed by atoms with van der Waals surface area (Å²) >= 11 is 0. The summed E-state index contributed by atoms with van der Waals surface area (Å²) in [5, 5.41) is 0.695. The van der Waals surface area contributed by atoms with Crippen LogP contribution < -0.4 is 0 Å². The first-order chi connectivity index (χ1) is 8.54. The molecule has 0 aliphatic carbocycles. The van der Waals surface area contributed by atoms with Crippen LogP contribution in [0.1, 0.15) is 37.3 Å². The second kappa shape index (κ2) is 5.04. The van der Waals surface area contributed by atoms with Crippen molar-refractivity contribution in [3.8, 4) is 0 Å². The first kappa shape index (κ1) is 13.0. The molecule has 0 aliphatic rings. The fourth-order valence-electron chi connectivity index (χ4n) is 2.22. The van der Waals surface area contributed by atoms with Crippen LogP contribution in [0.5, 0.6) is 0 Å². The van der Waals surface area contributed by atoms with Gasteiger partial charge in [0.05, 0.1) is 11.1 Å². The number of rotatable bonds is 4. The predicted octanol–water partition coefficient (Wildman–Crippen LogP) is 4.92. The van der Waals surface area contributed by atoms with Crippen LogP contribution in [0.15, 0.2) is 24.4 Å². The minimum Gasteiger partial charge on any atom is -0.360 e. The van der Waals surface area contributed by atoms with Crippen LogP contribution in [0, 0.1) is 0 Å². The lowest BCUT2D eigenvalue weighted by atomic mass is 10.0. The fraction of sp³-hybridized carbons (Fsp3) is 0.429. The number of nitrogens with one attached hydrogen (secondary N) is 1. The highest BCUT2D eigenvalue weighted by Gasteiger charge is 2.33. The van der Waals surface area contributed by atoms with Crippen LogP contribution >= 0.6 is 0 Å². The molecule has 1 aromatic heterocycles. The van der Waals surface area contributed by atoms with Gasteiger partial charge in [-0.3, -0.25) is 0 Å². The molecule has 0 saturated heterocycles. The molecular formula is C14H16F3N. The summed E-state index contributed by atoms with van der Waals surface area (Å²) in [6, 6.07) is 4.35. The average molecular weight is 255 g/mol. The van der Waals surface area contributed by atoms with Crippen molar-refractivity contribution in [1.29, 1.82) is 0 Å². The second-order valence-corrected chi connectivity index (χ2v) is 4.50. The van der Waals surface area contributed by atoms with E-state index in [2.05, 4.69) is 11.9 Å². The molecule has 1 heterocycles. The molecule has 0 amide bonds. The monoisotopic (exact) mass is 255 g/mol. The molecule has 0 bridgehead atoms. The summed E-state index contributed by atoms with van der Waals surface area (Å²) < 4.78 is 38.4. The highest BCUT2D eigenvalue weighted by molar-refractivity contribution is 5.86. The Labute approximate surface area is 104 Å². The number of alkyl halides is 3. The maximum Gasteiger partial charge on any atom is 0.418 e. The van der Waals surface area contributed by atoms with Gasteiger partial charge in [-0.25, -0.2) is 0 Å². The van der Waals surface area contributed by atoms with Gasteiger partial charge < -0.3 is 4.98 Å². The zero-order valence-corrected chi connectivity index (χ0v) is 10.3. The quantitative estimate of drug-likeness (QED) is 0.746. The highest BCUT2D eigenvalue weighted by atomic mass is 19.4. The molecule has 2 aromatic rings. The van der Waals surface area contributed by atoms with E-state index in [4.69, 9.17) is 0 Å². The van der Waals surface area contributed by atoms with E-state index >= 15 is 0 Å². The second-order valence-electron chi connectivity index (χ2n) is 4.50. The molecule has 98 valence electrons. The normalized spacial score (nSPS) is 12.2. The van der Waals surface area contributed by atoms with Crippen molar-refractivity contribution in [1.82, 2.24) is 4.98 Å². The summed E-state index contributed by atoms with van der Waals surface area (Å²) in [6.45, 7) is 2.11. The molecule has 4 heteroatoms. The van der Waals surface area contributed by atoms with Gasteiger partial charge in [0.15, 0.2) is 0 Å². The van der Waals surface area contributed by atoms with Crippen LogP contribution in [0.2, 0.25) is 0 Å². The summed E-state index contributed by atoms with van der Waals surface area (Å²) in [6.07, 6.45) is 1.46. The summed E-state index contributed by atoms with van der Waals surface area (Å²) in [5.41, 5.74) is 0.600. The van der Waals surface area contributed by atoms with E-state index in [1.165, 1.54) is 6.07 Å². The first-order valence-corrected chi connectivity index (χ1v) is 6.20. The van der Waals surface area contributed by atoms with Gasteiger partial charge >= 0.3 is 6.18 Å². The molecule has 0 spiro atoms. The van der Waals surface area contributed by atoms with Gasteiger partial charge in [0.1, 0.15) is 0 Å². The molecule has 0 atom stereocenters. The Morgan fingerprint density at radius 1 is 1.17 bits per heavy atom. The zero-order chi connectivity index (χ0) is 13.2. The molecule has 1 nitrogen and oxygen atoms in total. The first-order valence-electron chi connectivity index (χ1n) is 6.20. The maximum absolute atomic E-state index is 12.8. The third kappa shape index (κ3) is 2.52. The maximum atomic E-state index is 12.8. The summed E-state index contributed by atoms with van der Waals surface area (Å²) in [5.74, 6) is 0. The number of para-hydroxylation sites is 1. The Kier molecular flexibility index (Phi) is 3.64. The SMILES string of the molecule is CCCCCc1c[nH]c2c(C(F)(F)F)cccc12. The van der Waals surface area contributed by atoms with E-state index in [9.17, 15) is 13.2 Å². The number of aromatic amines is 1. The van der Waals surface area contributed by atoms with Crippen LogP contribution in [-0.4, -0.2) is 4.98 Å². The molecular weight excluding hydrogens is 239 g/mol. The molecule has 1 aromatic carbocycles. The van der Waals surface area contributed by atoms with Crippen LogP contribution in [0.4, 0.5) is 13.2 Å². The minimum atomic E-state index is -4.30. The standard InChI is InChI=1S/C14H16F3N/c1-2-3-4-6-10-9-18-13-11(10)7-5-8-12(13)14(15,16)17/h5,7-9,18H,2-4,6H2,1H3. The van der Waals surface area contributed by atoms with E-state index in [1.807, 2.05) is 0 Å². The van der Waals surface area contributed by atoms with E-state index in [1.54, 1.807) is 12.3 Å². The number of fused-ring (bicyclic) bond motifs is 1. The minimum absolute atomic E-state index is 0.205. The lowest BCUT2D eigenvalue weighted by Crippen LogP contribution is -2.05. The Morgan fingerprint density at radius 2 is 1.94 bits per heavy atom. The number of unbranched alkanes of at least 4 members (excludes halogenated alkanes) is 2. The molecule has 0 unspecified atom stereocenters. The number of H-pyrrole nitrogens is 1. The van der Waals surface area contributed by atoms with Crippen molar-refractivity contribution in [3.05, 3.63) is 35.5 Å². The number of aryl methyl sites for hydroxylation is 1. The van der Waals surface area contributed by atoms with E-state index in [0.717, 1.165) is 37.3 Å². The molecule has 0 radical (unpaired) electrons. The lowest BCUT2D eigenvalue weighted by Gasteiger charge is -2.07. The lowest BCUT2D eigenvalue weighted by molar-refractivity contribution is -0.136. The zero-order valence-electron chi connectivity index (χ0n) is 10.3. The van der Waals surface area contributed by atoms with Gasteiger partial charge in [0, 0.05) is 11.6 Å². The van der Waals surface area contributed by atoms with Crippen molar-refractivity contribution in [2.24, 2.45) is 0 Å². The van der Waals surface area contributed by atoms with Crippen LogP contribution in [0.25, 0.3) is 10.9 Å². The summed E-state index contributed by atoms with van der Waals surface area (Å²) in [7, 11) is 0. The molecule has 1 N–H and O–H groups in total. The smallest absolute Gasteiger partial charge is 0.360 e. The Morgan fingerprint density at radius 3 is 2.61 bits per heavy atom. The number of aromatic nitrogens is 1. The molecule has 2 rings (SSSR count). The number of benzene rings is 1. The Balaban J connectivity index is 2.36. The number of hydrogen-bond acceptors (Lipinski definition) is 0. The predicted molar refractivity (Wildman–Crippen MR) is 66.5 cm³/mol. The Hall–Kier alpha value is -1.45. The van der Waals surface area contributed by atoms with Gasteiger partial charge in [-0.15, -0.1) is 0 Å². The molecule has 0 fully saturated rings. The average Bonchev–Trinajstić information content (AvgIpc) is 2.71. The number of hydrogen-bond donors (Lipinski definition) is 1. The van der Waals surface area contributed by atoms with Gasteiger partial charge in [-0.1, -0.05) is 31.9 Å². The largest absolute Gasteiger partial charge is 0.418 e. The van der Waals surface area contributed by atoms with Gasteiger partial charge in [-0.2, -0.15) is 13.2 Å². The summed E-state index contributed by atoms with van der Waals surface area (Å²) in [4.78, 5) is 2.77. The Bertz CT molecular complexity index is 525. The van der Waals surface area contributed by atoms with Crippen molar-refractivity contribution < 1.29 is 13.2 Å².